The third-order valence-electron chi connectivity index (χ3n) is 2.71. The first-order valence-corrected chi connectivity index (χ1v) is 7.61. The Morgan fingerprint density at radius 2 is 2.05 bits per heavy atom. The minimum absolute atomic E-state index is 0.446. The van der Waals surface area contributed by atoms with E-state index >= 15 is 0 Å². The van der Waals surface area contributed by atoms with Gasteiger partial charge in [0.2, 0.25) is 11.9 Å². The molecule has 2 rings (SSSR count). The van der Waals surface area contributed by atoms with Crippen LogP contribution in [-0.2, 0) is 0 Å². The molecule has 0 aliphatic heterocycles. The van der Waals surface area contributed by atoms with Gasteiger partial charge in [0.15, 0.2) is 0 Å². The number of hydrogen-bond donors (Lipinski definition) is 3. The van der Waals surface area contributed by atoms with Gasteiger partial charge in [-0.1, -0.05) is 6.92 Å². The fourth-order valence-corrected chi connectivity index (χ4v) is 2.09. The number of primary amides is 1. The summed E-state index contributed by atoms with van der Waals surface area (Å²) in [6.45, 7) is 2.96. The molecule has 1 heterocycles. The number of nitrogens with two attached hydrogens (primary N) is 1. The summed E-state index contributed by atoms with van der Waals surface area (Å²) >= 11 is 2.19. The maximum absolute atomic E-state index is 11.0. The van der Waals surface area contributed by atoms with Crippen LogP contribution in [-0.4, -0.2) is 22.4 Å². The minimum Gasteiger partial charge on any atom is -0.369 e. The lowest BCUT2D eigenvalue weighted by atomic mass is 10.2. The summed E-state index contributed by atoms with van der Waals surface area (Å²) in [5.74, 6) is 0.864. The predicted molar refractivity (Wildman–Crippen MR) is 91.8 cm³/mol. The van der Waals surface area contributed by atoms with E-state index in [0.29, 0.717) is 11.5 Å². The van der Waals surface area contributed by atoms with Gasteiger partial charge in [-0.25, -0.2) is 4.98 Å². The second-order valence-electron chi connectivity index (χ2n) is 4.38. The molecule has 0 aliphatic carbocycles. The van der Waals surface area contributed by atoms with Crippen molar-refractivity contribution in [3.63, 3.8) is 0 Å². The van der Waals surface area contributed by atoms with Gasteiger partial charge in [0.1, 0.15) is 5.82 Å². The Morgan fingerprint density at radius 3 is 2.67 bits per heavy atom. The summed E-state index contributed by atoms with van der Waals surface area (Å²) in [4.78, 5) is 19.7. The van der Waals surface area contributed by atoms with E-state index in [9.17, 15) is 4.79 Å². The Hall–Kier alpha value is -1.90. The van der Waals surface area contributed by atoms with Crippen LogP contribution in [0.25, 0.3) is 0 Å². The Kier molecular flexibility index (Phi) is 5.32. The standard InChI is InChI=1S/C14H16IN5O/c1-2-7-17-13-11(15)8-18-14(20-13)19-10-5-3-9(4-6-10)12(16)21/h3-6,8H,2,7H2,1H3,(H2,16,21)(H2,17,18,19,20). The number of rotatable bonds is 6. The van der Waals surface area contributed by atoms with Crippen LogP contribution in [0, 0.1) is 3.57 Å². The molecule has 0 aliphatic rings. The van der Waals surface area contributed by atoms with Crippen molar-refractivity contribution in [2.75, 3.05) is 17.2 Å². The highest BCUT2D eigenvalue weighted by molar-refractivity contribution is 14.1. The van der Waals surface area contributed by atoms with Gasteiger partial charge in [0, 0.05) is 24.0 Å². The molecular formula is C14H16IN5O. The lowest BCUT2D eigenvalue weighted by Gasteiger charge is -2.09. The van der Waals surface area contributed by atoms with Gasteiger partial charge >= 0.3 is 0 Å². The van der Waals surface area contributed by atoms with Crippen molar-refractivity contribution < 1.29 is 4.79 Å². The van der Waals surface area contributed by atoms with E-state index in [1.165, 1.54) is 0 Å². The number of amides is 1. The summed E-state index contributed by atoms with van der Waals surface area (Å²) in [5, 5.41) is 6.35. The maximum atomic E-state index is 11.0. The highest BCUT2D eigenvalue weighted by Gasteiger charge is 2.05. The molecule has 0 unspecified atom stereocenters. The molecular weight excluding hydrogens is 381 g/mol. The van der Waals surface area contributed by atoms with E-state index in [2.05, 4.69) is 50.1 Å². The Balaban J connectivity index is 2.13. The van der Waals surface area contributed by atoms with Crippen LogP contribution in [0.4, 0.5) is 17.5 Å². The van der Waals surface area contributed by atoms with Crippen molar-refractivity contribution in [3.05, 3.63) is 39.6 Å². The summed E-state index contributed by atoms with van der Waals surface area (Å²) < 4.78 is 0.968. The smallest absolute Gasteiger partial charge is 0.248 e. The van der Waals surface area contributed by atoms with Crippen molar-refractivity contribution in [1.29, 1.82) is 0 Å². The van der Waals surface area contributed by atoms with Gasteiger partial charge in [-0.15, -0.1) is 0 Å². The van der Waals surface area contributed by atoms with Gasteiger partial charge in [0.05, 0.1) is 3.57 Å². The molecule has 1 amide bonds. The average molecular weight is 397 g/mol. The second kappa shape index (κ2) is 7.21. The lowest BCUT2D eigenvalue weighted by Crippen LogP contribution is -2.10. The number of nitrogens with one attached hydrogen (secondary N) is 2. The second-order valence-corrected chi connectivity index (χ2v) is 5.55. The molecule has 0 fully saturated rings. The van der Waals surface area contributed by atoms with E-state index in [1.54, 1.807) is 30.5 Å². The number of hydrogen-bond acceptors (Lipinski definition) is 5. The highest BCUT2D eigenvalue weighted by Crippen LogP contribution is 2.19. The summed E-state index contributed by atoms with van der Waals surface area (Å²) in [7, 11) is 0. The molecule has 4 N–H and O–H groups in total. The number of carbonyl (C=O) groups is 1. The van der Waals surface area contributed by atoms with E-state index in [-0.39, 0.29) is 0 Å². The topological polar surface area (TPSA) is 92.9 Å². The first kappa shape index (κ1) is 15.5. The van der Waals surface area contributed by atoms with Crippen molar-refractivity contribution in [3.8, 4) is 0 Å². The Labute approximate surface area is 136 Å². The summed E-state index contributed by atoms with van der Waals surface area (Å²) in [6, 6.07) is 6.85. The predicted octanol–water partition coefficient (Wildman–Crippen LogP) is 2.75. The zero-order valence-corrected chi connectivity index (χ0v) is 13.7. The molecule has 6 nitrogen and oxygen atoms in total. The lowest BCUT2D eigenvalue weighted by molar-refractivity contribution is 0.100. The monoisotopic (exact) mass is 397 g/mol. The van der Waals surface area contributed by atoms with Crippen LogP contribution in [0.15, 0.2) is 30.5 Å². The summed E-state index contributed by atoms with van der Waals surface area (Å²) in [5.41, 5.74) is 6.47. The molecule has 1 aromatic carbocycles. The number of aromatic nitrogens is 2. The van der Waals surface area contributed by atoms with Crippen molar-refractivity contribution in [2.24, 2.45) is 5.73 Å². The molecule has 7 heteroatoms. The number of halogens is 1. The van der Waals surface area contributed by atoms with Crippen molar-refractivity contribution >= 4 is 46.0 Å². The molecule has 0 radical (unpaired) electrons. The number of anilines is 3. The molecule has 21 heavy (non-hydrogen) atoms. The molecule has 110 valence electrons. The minimum atomic E-state index is -0.446. The number of carbonyl (C=O) groups excluding carboxylic acids is 1. The van der Waals surface area contributed by atoms with Gasteiger partial charge in [0.25, 0.3) is 0 Å². The van der Waals surface area contributed by atoms with Crippen molar-refractivity contribution in [2.45, 2.75) is 13.3 Å². The van der Waals surface area contributed by atoms with Gasteiger partial charge in [-0.2, -0.15) is 4.98 Å². The normalized spacial score (nSPS) is 10.2. The van der Waals surface area contributed by atoms with Crippen LogP contribution in [0.5, 0.6) is 0 Å². The van der Waals surface area contributed by atoms with Crippen molar-refractivity contribution in [1.82, 2.24) is 9.97 Å². The Bertz CT molecular complexity index is 630. The SMILES string of the molecule is CCCNc1nc(Nc2ccc(C(N)=O)cc2)ncc1I. The van der Waals surface area contributed by atoms with Gasteiger partial charge in [-0.05, 0) is 53.3 Å². The largest absolute Gasteiger partial charge is 0.369 e. The molecule has 0 atom stereocenters. The van der Waals surface area contributed by atoms with E-state index in [4.69, 9.17) is 5.73 Å². The van der Waals surface area contributed by atoms with Gasteiger partial charge < -0.3 is 16.4 Å². The number of nitrogens with zero attached hydrogens (tertiary/aromatic N) is 2. The van der Waals surface area contributed by atoms with Crippen LogP contribution in [0.2, 0.25) is 0 Å². The maximum Gasteiger partial charge on any atom is 0.248 e. The van der Waals surface area contributed by atoms with Crippen LogP contribution >= 0.6 is 22.6 Å². The zero-order chi connectivity index (χ0) is 15.2. The van der Waals surface area contributed by atoms with Crippen LogP contribution < -0.4 is 16.4 Å². The third kappa shape index (κ3) is 4.28. The first-order valence-electron chi connectivity index (χ1n) is 6.53. The molecule has 2 aromatic rings. The van der Waals surface area contributed by atoms with Crippen LogP contribution in [0.1, 0.15) is 23.7 Å². The zero-order valence-electron chi connectivity index (χ0n) is 11.6. The van der Waals surface area contributed by atoms with Gasteiger partial charge in [-0.3, -0.25) is 4.79 Å². The van der Waals surface area contributed by atoms with E-state index in [0.717, 1.165) is 28.0 Å². The Morgan fingerprint density at radius 1 is 1.33 bits per heavy atom. The first-order chi connectivity index (χ1) is 10.1. The van der Waals surface area contributed by atoms with E-state index in [1.807, 2.05) is 0 Å². The average Bonchev–Trinajstić information content (AvgIpc) is 2.48. The molecule has 1 aromatic heterocycles. The molecule has 0 bridgehead atoms. The summed E-state index contributed by atoms with van der Waals surface area (Å²) in [6.07, 6.45) is 2.78. The molecule has 0 saturated carbocycles. The van der Waals surface area contributed by atoms with Crippen LogP contribution in [0.3, 0.4) is 0 Å². The third-order valence-corrected chi connectivity index (χ3v) is 3.50. The molecule has 0 saturated heterocycles. The number of benzene rings is 1. The highest BCUT2D eigenvalue weighted by atomic mass is 127. The quantitative estimate of drug-likeness (QED) is 0.652. The fraction of sp³-hybridized carbons (Fsp3) is 0.214. The molecule has 0 spiro atoms. The fourth-order valence-electron chi connectivity index (χ4n) is 1.64. The van der Waals surface area contributed by atoms with E-state index < -0.39 is 5.91 Å².